The van der Waals surface area contributed by atoms with E-state index in [1.165, 1.54) is 6.20 Å². The van der Waals surface area contributed by atoms with Gasteiger partial charge in [-0.1, -0.05) is 0 Å². The van der Waals surface area contributed by atoms with E-state index < -0.39 is 23.2 Å². The minimum atomic E-state index is -1.67. The molecule has 6 heteroatoms. The second kappa shape index (κ2) is 4.53. The number of aromatic hydroxyl groups is 1. The molecule has 98 valence electrons. The highest BCUT2D eigenvalue weighted by atomic mass is 19.2. The topological polar surface area (TPSA) is 39.3 Å². The molecule has 0 saturated heterocycles. The minimum Gasteiger partial charge on any atom is -0.504 e. The average molecular weight is 258 g/mol. The lowest BCUT2D eigenvalue weighted by molar-refractivity contribution is 0.393. The monoisotopic (exact) mass is 258 g/mol. The zero-order chi connectivity index (χ0) is 13.4. The molecule has 0 radical (unpaired) electrons. The van der Waals surface area contributed by atoms with Gasteiger partial charge in [-0.2, -0.15) is 4.39 Å². The number of phenolic OH excluding ortho intramolecular Hbond substituents is 1. The van der Waals surface area contributed by atoms with Crippen LogP contribution < -0.4 is 0 Å². The lowest BCUT2D eigenvalue weighted by Crippen LogP contribution is -2.14. The minimum absolute atomic E-state index is 0.00764. The number of rotatable bonds is 3. The summed E-state index contributed by atoms with van der Waals surface area (Å²) >= 11 is 0. The number of phenols is 1. The smallest absolute Gasteiger partial charge is 0.204 e. The van der Waals surface area contributed by atoms with Crippen LogP contribution in [0, 0.1) is 17.5 Å². The molecule has 3 nitrogen and oxygen atoms in total. The van der Waals surface area contributed by atoms with Gasteiger partial charge in [-0.05, 0) is 26.1 Å². The van der Waals surface area contributed by atoms with Gasteiger partial charge in [-0.25, -0.2) is 8.78 Å². The third kappa shape index (κ3) is 1.92. The Morgan fingerprint density at radius 1 is 1.17 bits per heavy atom. The molecule has 18 heavy (non-hydrogen) atoms. The summed E-state index contributed by atoms with van der Waals surface area (Å²) in [6.45, 7) is 0.646. The number of aromatic amines is 1. The fraction of sp³-hybridized carbons (Fsp3) is 0.333. The number of aromatic nitrogens is 1. The van der Waals surface area contributed by atoms with Crippen LogP contribution in [0.5, 0.6) is 5.75 Å². The quantitative estimate of drug-likeness (QED) is 0.830. The highest BCUT2D eigenvalue weighted by Gasteiger charge is 2.22. The molecule has 2 N–H and O–H groups in total. The molecule has 1 heterocycles. The van der Waals surface area contributed by atoms with E-state index in [-0.39, 0.29) is 10.9 Å². The van der Waals surface area contributed by atoms with Crippen molar-refractivity contribution in [2.45, 2.75) is 6.42 Å². The van der Waals surface area contributed by atoms with Crippen molar-refractivity contribution in [3.8, 4) is 5.75 Å². The van der Waals surface area contributed by atoms with E-state index in [4.69, 9.17) is 0 Å². The van der Waals surface area contributed by atoms with Crippen molar-refractivity contribution < 1.29 is 18.3 Å². The Morgan fingerprint density at radius 2 is 1.83 bits per heavy atom. The van der Waals surface area contributed by atoms with Gasteiger partial charge in [0.2, 0.25) is 5.82 Å². The molecule has 0 aliphatic heterocycles. The largest absolute Gasteiger partial charge is 0.504 e. The van der Waals surface area contributed by atoms with Crippen LogP contribution in [-0.4, -0.2) is 35.6 Å². The highest BCUT2D eigenvalue weighted by molar-refractivity contribution is 5.89. The molecule has 0 fully saturated rings. The van der Waals surface area contributed by atoms with E-state index in [2.05, 4.69) is 4.98 Å². The van der Waals surface area contributed by atoms with Gasteiger partial charge >= 0.3 is 0 Å². The summed E-state index contributed by atoms with van der Waals surface area (Å²) in [5.41, 5.74) is 0.342. The number of hydrogen-bond donors (Lipinski definition) is 2. The molecule has 1 aromatic carbocycles. The van der Waals surface area contributed by atoms with Gasteiger partial charge in [-0.3, -0.25) is 0 Å². The SMILES string of the molecule is CN(C)CCc1c[nH]c2c(F)c(F)c(F)c(O)c12. The van der Waals surface area contributed by atoms with Crippen molar-refractivity contribution in [1.82, 2.24) is 9.88 Å². The second-order valence-electron chi connectivity index (χ2n) is 4.41. The summed E-state index contributed by atoms with van der Waals surface area (Å²) in [6, 6.07) is 0. The molecule has 0 saturated carbocycles. The Balaban J connectivity index is 2.58. The Labute approximate surface area is 102 Å². The predicted molar refractivity (Wildman–Crippen MR) is 62.1 cm³/mol. The molecule has 0 atom stereocenters. The number of likely N-dealkylation sites (N-methyl/N-ethyl adjacent to an activating group) is 1. The lowest BCUT2D eigenvalue weighted by Gasteiger charge is -2.09. The van der Waals surface area contributed by atoms with Crippen LogP contribution in [-0.2, 0) is 6.42 Å². The van der Waals surface area contributed by atoms with Crippen LogP contribution in [0.3, 0.4) is 0 Å². The van der Waals surface area contributed by atoms with E-state index in [1.54, 1.807) is 0 Å². The molecule has 0 aliphatic carbocycles. The number of fused-ring (bicyclic) bond motifs is 1. The molecule has 0 aliphatic rings. The van der Waals surface area contributed by atoms with Gasteiger partial charge in [0, 0.05) is 12.7 Å². The fourth-order valence-corrected chi connectivity index (χ4v) is 1.87. The van der Waals surface area contributed by atoms with Crippen LogP contribution in [0.4, 0.5) is 13.2 Å². The summed E-state index contributed by atoms with van der Waals surface area (Å²) in [4.78, 5) is 4.42. The molecule has 0 bridgehead atoms. The molecule has 0 spiro atoms. The van der Waals surface area contributed by atoms with E-state index >= 15 is 0 Å². The summed E-state index contributed by atoms with van der Waals surface area (Å²) in [6.07, 6.45) is 1.95. The molecule has 0 unspecified atom stereocenters. The van der Waals surface area contributed by atoms with Crippen molar-refractivity contribution in [3.05, 3.63) is 29.2 Å². The number of halogens is 3. The van der Waals surface area contributed by atoms with E-state index in [0.29, 0.717) is 18.5 Å². The third-order valence-electron chi connectivity index (χ3n) is 2.84. The van der Waals surface area contributed by atoms with Gasteiger partial charge in [0.15, 0.2) is 17.4 Å². The summed E-state index contributed by atoms with van der Waals surface area (Å²) in [5, 5.41) is 9.59. The average Bonchev–Trinajstić information content (AvgIpc) is 2.75. The Kier molecular flexibility index (Phi) is 3.21. The molecule has 2 aromatic rings. The fourth-order valence-electron chi connectivity index (χ4n) is 1.87. The predicted octanol–water partition coefficient (Wildman–Crippen LogP) is 2.39. The first-order valence-corrected chi connectivity index (χ1v) is 5.43. The van der Waals surface area contributed by atoms with Gasteiger partial charge in [0.05, 0.1) is 10.9 Å². The zero-order valence-corrected chi connectivity index (χ0v) is 10.0. The van der Waals surface area contributed by atoms with Crippen molar-refractivity contribution in [1.29, 1.82) is 0 Å². The van der Waals surface area contributed by atoms with Crippen molar-refractivity contribution in [2.75, 3.05) is 20.6 Å². The van der Waals surface area contributed by atoms with Gasteiger partial charge < -0.3 is 15.0 Å². The van der Waals surface area contributed by atoms with Gasteiger partial charge in [0.25, 0.3) is 0 Å². The van der Waals surface area contributed by atoms with Gasteiger partial charge in [-0.15, -0.1) is 0 Å². The normalized spacial score (nSPS) is 11.7. The number of hydrogen-bond acceptors (Lipinski definition) is 2. The molecule has 2 rings (SSSR count). The number of H-pyrrole nitrogens is 1. The first-order chi connectivity index (χ1) is 8.43. The Hall–Kier alpha value is -1.69. The van der Waals surface area contributed by atoms with Crippen LogP contribution in [0.2, 0.25) is 0 Å². The van der Waals surface area contributed by atoms with Gasteiger partial charge in [0.1, 0.15) is 0 Å². The summed E-state index contributed by atoms with van der Waals surface area (Å²) in [7, 11) is 3.71. The van der Waals surface area contributed by atoms with Crippen molar-refractivity contribution >= 4 is 10.9 Å². The van der Waals surface area contributed by atoms with Crippen LogP contribution in [0.15, 0.2) is 6.20 Å². The maximum absolute atomic E-state index is 13.5. The van der Waals surface area contributed by atoms with E-state index in [1.807, 2.05) is 19.0 Å². The third-order valence-corrected chi connectivity index (χ3v) is 2.84. The first kappa shape index (κ1) is 12.8. The Bertz CT molecular complexity index is 593. The molecule has 1 aromatic heterocycles. The van der Waals surface area contributed by atoms with E-state index in [9.17, 15) is 18.3 Å². The second-order valence-corrected chi connectivity index (χ2v) is 4.41. The maximum Gasteiger partial charge on any atom is 0.204 e. The molecular formula is C12H13F3N2O. The standard InChI is InChI=1S/C12H13F3N2O/c1-17(2)4-3-6-5-16-11-7(6)12(18)10(15)8(13)9(11)14/h5,16,18H,3-4H2,1-2H3. The number of nitrogens with one attached hydrogen (secondary N) is 1. The van der Waals surface area contributed by atoms with E-state index in [0.717, 1.165) is 0 Å². The highest BCUT2D eigenvalue weighted by Crippen LogP contribution is 2.34. The van der Waals surface area contributed by atoms with Crippen LogP contribution in [0.25, 0.3) is 10.9 Å². The first-order valence-electron chi connectivity index (χ1n) is 5.43. The number of nitrogens with zero attached hydrogens (tertiary/aromatic N) is 1. The lowest BCUT2D eigenvalue weighted by atomic mass is 10.1. The summed E-state index contributed by atoms with van der Waals surface area (Å²) in [5.74, 6) is -5.37. The molecular weight excluding hydrogens is 245 g/mol. The van der Waals surface area contributed by atoms with Crippen molar-refractivity contribution in [3.63, 3.8) is 0 Å². The zero-order valence-electron chi connectivity index (χ0n) is 10.0. The summed E-state index contributed by atoms with van der Waals surface area (Å²) < 4.78 is 39.9. The van der Waals surface area contributed by atoms with Crippen LogP contribution >= 0.6 is 0 Å². The maximum atomic E-state index is 13.5. The molecule has 0 amide bonds. The van der Waals surface area contributed by atoms with Crippen LogP contribution in [0.1, 0.15) is 5.56 Å². The number of benzene rings is 1. The Morgan fingerprint density at radius 3 is 2.44 bits per heavy atom. The van der Waals surface area contributed by atoms with Crippen molar-refractivity contribution in [2.24, 2.45) is 0 Å².